The first-order valence-corrected chi connectivity index (χ1v) is 19.7. The number of benzene rings is 2. The fourth-order valence-corrected chi connectivity index (χ4v) is 8.70. The van der Waals surface area contributed by atoms with E-state index in [2.05, 4.69) is 43.7 Å². The van der Waals surface area contributed by atoms with Gasteiger partial charge in [-0.05, 0) is 107 Å². The van der Waals surface area contributed by atoms with Crippen LogP contribution in [0.15, 0.2) is 73.1 Å². The Morgan fingerprint density at radius 2 is 1.11 bits per heavy atom. The second-order valence-electron chi connectivity index (χ2n) is 14.6. The van der Waals surface area contributed by atoms with E-state index in [-0.39, 0.29) is 18.7 Å². The van der Waals surface area contributed by atoms with E-state index < -0.39 is 14.1 Å². The number of piperazine rings is 2. The van der Waals surface area contributed by atoms with Crippen molar-refractivity contribution >= 4 is 60.6 Å². The molecule has 2 atom stereocenters. The van der Waals surface area contributed by atoms with Gasteiger partial charge in [-0.2, -0.15) is 0 Å². The van der Waals surface area contributed by atoms with Crippen LogP contribution < -0.4 is 0 Å². The lowest BCUT2D eigenvalue weighted by Crippen LogP contribution is -2.52. The number of ether oxygens (including phenoxy) is 1. The molecule has 286 valence electrons. The Balaban J connectivity index is 0.000000169. The fourth-order valence-electron chi connectivity index (χ4n) is 8.36. The van der Waals surface area contributed by atoms with Crippen molar-refractivity contribution in [3.63, 3.8) is 0 Å². The molecule has 2 unspecified atom stereocenters. The summed E-state index contributed by atoms with van der Waals surface area (Å²) in [5.41, 5.74) is 10.6. The third-order valence-electron chi connectivity index (χ3n) is 11.2. The van der Waals surface area contributed by atoms with Crippen LogP contribution in [0.1, 0.15) is 56.9 Å². The highest BCUT2D eigenvalue weighted by Crippen LogP contribution is 2.42. The van der Waals surface area contributed by atoms with E-state index in [0.29, 0.717) is 11.6 Å². The molecule has 4 heterocycles. The first-order chi connectivity index (χ1) is 26.7. The van der Waals surface area contributed by atoms with Gasteiger partial charge in [0.25, 0.3) is 0 Å². The maximum Gasteiger partial charge on any atom is 0.376 e. The molecule has 2 aromatic carbocycles. The SMILES string of the molecule is CB(O)N1CCN(C2c3ccc(Cl)cc3C(CO)=Cc3cccnc32)CC1.COCC1=Cc2cccnc2C(N2CCN(B(C)O)CC2)c2ccc(Cl)cc21. The minimum Gasteiger partial charge on any atom is -0.437 e. The quantitative estimate of drug-likeness (QED) is 0.210. The minimum absolute atomic E-state index is 0.00934. The van der Waals surface area contributed by atoms with Crippen LogP contribution in [0, 0.1) is 0 Å². The van der Waals surface area contributed by atoms with Crippen molar-refractivity contribution < 1.29 is 19.9 Å². The van der Waals surface area contributed by atoms with E-state index in [9.17, 15) is 15.2 Å². The predicted octanol–water partition coefficient (Wildman–Crippen LogP) is 5.45. The lowest BCUT2D eigenvalue weighted by Gasteiger charge is -2.40. The Bertz CT molecular complexity index is 2040. The lowest BCUT2D eigenvalue weighted by molar-refractivity contribution is 0.144. The van der Waals surface area contributed by atoms with Crippen LogP contribution in [0.3, 0.4) is 0 Å². The molecule has 4 aromatic rings. The van der Waals surface area contributed by atoms with Crippen LogP contribution in [0.25, 0.3) is 23.3 Å². The Hall–Kier alpha value is -3.39. The van der Waals surface area contributed by atoms with E-state index in [1.165, 1.54) is 5.56 Å². The molecule has 14 heteroatoms. The summed E-state index contributed by atoms with van der Waals surface area (Å²) in [5.74, 6) is 0. The molecule has 2 aliphatic carbocycles. The van der Waals surface area contributed by atoms with Crippen molar-refractivity contribution in [2.45, 2.75) is 25.7 Å². The maximum atomic E-state index is 9.99. The van der Waals surface area contributed by atoms with Gasteiger partial charge in [-0.15, -0.1) is 0 Å². The zero-order valence-electron chi connectivity index (χ0n) is 31.7. The number of methoxy groups -OCH3 is 1. The Labute approximate surface area is 334 Å². The molecule has 3 N–H and O–H groups in total. The molecule has 55 heavy (non-hydrogen) atoms. The second-order valence-corrected chi connectivity index (χ2v) is 15.4. The summed E-state index contributed by atoms with van der Waals surface area (Å²) in [5, 5.41) is 31.2. The van der Waals surface area contributed by atoms with E-state index in [1.807, 2.05) is 74.6 Å². The van der Waals surface area contributed by atoms with E-state index >= 15 is 0 Å². The van der Waals surface area contributed by atoms with E-state index in [0.717, 1.165) is 108 Å². The van der Waals surface area contributed by atoms with Crippen molar-refractivity contribution in [3.05, 3.63) is 128 Å². The van der Waals surface area contributed by atoms with Gasteiger partial charge in [-0.25, -0.2) is 0 Å². The summed E-state index contributed by atoms with van der Waals surface area (Å²) in [7, 11) is 0.871. The van der Waals surface area contributed by atoms with Gasteiger partial charge in [0.05, 0.1) is 36.7 Å². The van der Waals surface area contributed by atoms with Crippen LogP contribution in [0.4, 0.5) is 0 Å². The van der Waals surface area contributed by atoms with Crippen molar-refractivity contribution in [2.24, 2.45) is 0 Å². The number of hydrogen-bond acceptors (Lipinski definition) is 10. The molecule has 10 nitrogen and oxygen atoms in total. The topological polar surface area (TPSA) is 109 Å². The summed E-state index contributed by atoms with van der Waals surface area (Å²) in [6.07, 6.45) is 7.88. The molecule has 0 bridgehead atoms. The van der Waals surface area contributed by atoms with Gasteiger partial charge in [0.15, 0.2) is 0 Å². The number of halogens is 2. The number of hydrogen-bond donors (Lipinski definition) is 3. The summed E-state index contributed by atoms with van der Waals surface area (Å²) >= 11 is 12.6. The normalized spacial score (nSPS) is 20.3. The lowest BCUT2D eigenvalue weighted by atomic mass is 9.84. The second kappa shape index (κ2) is 17.8. The molecule has 0 spiro atoms. The molecular weight excluding hydrogens is 733 g/mol. The zero-order chi connectivity index (χ0) is 38.6. The Morgan fingerprint density at radius 1 is 0.673 bits per heavy atom. The number of fused-ring (bicyclic) bond motifs is 4. The smallest absolute Gasteiger partial charge is 0.376 e. The van der Waals surface area contributed by atoms with Gasteiger partial charge in [0.2, 0.25) is 0 Å². The molecule has 0 amide bonds. The van der Waals surface area contributed by atoms with Gasteiger partial charge in [0, 0.05) is 81.9 Å². The highest BCUT2D eigenvalue weighted by atomic mass is 35.5. The molecule has 2 saturated heterocycles. The molecule has 0 saturated carbocycles. The number of aromatic nitrogens is 2. The van der Waals surface area contributed by atoms with Gasteiger partial charge in [0.1, 0.15) is 0 Å². The monoisotopic (exact) mass is 780 g/mol. The molecular formula is C41H48B2Cl2N6O4. The summed E-state index contributed by atoms with van der Waals surface area (Å²) in [6, 6.07) is 20.1. The maximum absolute atomic E-state index is 9.99. The number of rotatable bonds is 7. The minimum atomic E-state index is -0.430. The molecule has 2 aromatic heterocycles. The highest BCUT2D eigenvalue weighted by molar-refractivity contribution is 6.45. The van der Waals surface area contributed by atoms with Crippen LogP contribution in [0.2, 0.25) is 23.7 Å². The van der Waals surface area contributed by atoms with Gasteiger partial charge in [-0.3, -0.25) is 19.8 Å². The van der Waals surface area contributed by atoms with Gasteiger partial charge in [-0.1, -0.05) is 47.5 Å². The average Bonchev–Trinajstić information content (AvgIpc) is 3.42. The van der Waals surface area contributed by atoms with Crippen LogP contribution in [-0.2, 0) is 4.74 Å². The summed E-state index contributed by atoms with van der Waals surface area (Å²) < 4.78 is 5.49. The average molecular weight is 781 g/mol. The Morgan fingerprint density at radius 3 is 1.53 bits per heavy atom. The van der Waals surface area contributed by atoms with Crippen molar-refractivity contribution in [1.82, 2.24) is 29.4 Å². The van der Waals surface area contributed by atoms with Crippen molar-refractivity contribution in [2.75, 3.05) is 72.7 Å². The third kappa shape index (κ3) is 8.65. The molecule has 2 aliphatic heterocycles. The third-order valence-corrected chi connectivity index (χ3v) is 11.7. The van der Waals surface area contributed by atoms with Gasteiger partial charge < -0.3 is 29.5 Å². The largest absolute Gasteiger partial charge is 0.437 e. The standard InChI is InChI=1S/C21H25BClN3O2.C20H23BClN3O2/c1-22(27)26-10-8-25(9-11-26)21-18-6-5-17(23)13-19(18)16(14-28-2)12-15-4-3-7-24-20(15)21;1-21(27)25-9-7-24(8-10-25)20-17-5-4-16(22)12-18(17)15(13-26)11-14-3-2-6-23-19(14)20/h3-7,12-13,21,27H,8-11,14H2,1-2H3;2-6,11-12,20,26-27H,7-10,13H2,1H3. The fraction of sp³-hybridized carbons (Fsp3) is 0.366. The van der Waals surface area contributed by atoms with E-state index in [4.69, 9.17) is 37.9 Å². The van der Waals surface area contributed by atoms with Crippen LogP contribution >= 0.6 is 23.2 Å². The van der Waals surface area contributed by atoms with Gasteiger partial charge >= 0.3 is 14.1 Å². The Kier molecular flexibility index (Phi) is 12.9. The van der Waals surface area contributed by atoms with E-state index in [1.54, 1.807) is 7.11 Å². The van der Waals surface area contributed by atoms with Crippen molar-refractivity contribution in [3.8, 4) is 0 Å². The first-order valence-electron chi connectivity index (χ1n) is 19.0. The number of aliphatic hydroxyl groups is 1. The molecule has 2 fully saturated rings. The van der Waals surface area contributed by atoms with Crippen LogP contribution in [-0.4, -0.2) is 131 Å². The van der Waals surface area contributed by atoms with Crippen LogP contribution in [0.5, 0.6) is 0 Å². The highest BCUT2D eigenvalue weighted by Gasteiger charge is 2.35. The number of pyridine rings is 2. The molecule has 0 radical (unpaired) electrons. The number of aliphatic hydroxyl groups excluding tert-OH is 1. The number of nitrogens with zero attached hydrogens (tertiary/aromatic N) is 6. The zero-order valence-corrected chi connectivity index (χ0v) is 33.2. The predicted molar refractivity (Wildman–Crippen MR) is 224 cm³/mol. The molecule has 4 aliphatic rings. The summed E-state index contributed by atoms with van der Waals surface area (Å²) in [4.78, 5) is 18.5. The molecule has 8 rings (SSSR count). The van der Waals surface area contributed by atoms with Crippen molar-refractivity contribution in [1.29, 1.82) is 0 Å². The first kappa shape index (κ1) is 39.8. The summed E-state index contributed by atoms with van der Waals surface area (Å²) in [6.45, 7) is 10.8.